The maximum Gasteiger partial charge on any atom is 0.254 e. The largest absolute Gasteiger partial charge is 0.484 e. The van der Waals surface area contributed by atoms with Crippen LogP contribution in [0.25, 0.3) is 11.5 Å². The molecule has 0 N–H and O–H groups in total. The summed E-state index contributed by atoms with van der Waals surface area (Å²) in [5.74, 6) is 1.78. The van der Waals surface area contributed by atoms with Gasteiger partial charge in [0.25, 0.3) is 5.89 Å². The fraction of sp³-hybridized carbons (Fsp3) is 0.333. The summed E-state index contributed by atoms with van der Waals surface area (Å²) < 4.78 is 11.5. The van der Waals surface area contributed by atoms with Gasteiger partial charge in [-0.05, 0) is 60.2 Å². The molecule has 3 aromatic rings. The minimum atomic E-state index is 0.124. The first-order chi connectivity index (χ1) is 11.8. The summed E-state index contributed by atoms with van der Waals surface area (Å²) in [6.07, 6.45) is 0. The van der Waals surface area contributed by atoms with E-state index in [0.29, 0.717) is 11.8 Å². The first kappa shape index (κ1) is 17.2. The van der Waals surface area contributed by atoms with Crippen LogP contribution in [0.5, 0.6) is 5.75 Å². The zero-order valence-corrected chi connectivity index (χ0v) is 15.5. The highest BCUT2D eigenvalue weighted by Crippen LogP contribution is 2.26. The Morgan fingerprint density at radius 1 is 0.920 bits per heavy atom. The van der Waals surface area contributed by atoms with Crippen molar-refractivity contribution >= 4 is 0 Å². The van der Waals surface area contributed by atoms with Crippen molar-refractivity contribution in [3.05, 3.63) is 65.0 Å². The number of nitrogens with zero attached hydrogens (tertiary/aromatic N) is 2. The molecule has 0 aliphatic rings. The van der Waals surface area contributed by atoms with E-state index in [1.165, 1.54) is 16.7 Å². The van der Waals surface area contributed by atoms with Crippen molar-refractivity contribution in [3.63, 3.8) is 0 Å². The number of aryl methyl sites for hydroxylation is 2. The fourth-order valence-electron chi connectivity index (χ4n) is 2.49. The Morgan fingerprint density at radius 2 is 1.64 bits per heavy atom. The molecule has 0 saturated heterocycles. The topological polar surface area (TPSA) is 48.2 Å². The van der Waals surface area contributed by atoms with Gasteiger partial charge in [0, 0.05) is 5.56 Å². The standard InChI is InChI=1S/C21H24N2O2/c1-14-6-11-18(12-15(14)2)24-13-19-22-23-20(25-19)16-7-9-17(10-8-16)21(3,4)5/h6-12H,13H2,1-5H3. The van der Waals surface area contributed by atoms with Crippen LogP contribution >= 0.6 is 0 Å². The van der Waals surface area contributed by atoms with Crippen LogP contribution < -0.4 is 4.74 Å². The Morgan fingerprint density at radius 3 is 2.28 bits per heavy atom. The van der Waals surface area contributed by atoms with Crippen LogP contribution in [0.3, 0.4) is 0 Å². The first-order valence-corrected chi connectivity index (χ1v) is 8.46. The van der Waals surface area contributed by atoms with Crippen molar-refractivity contribution in [2.45, 2.75) is 46.6 Å². The summed E-state index contributed by atoms with van der Waals surface area (Å²) >= 11 is 0. The van der Waals surface area contributed by atoms with Gasteiger partial charge < -0.3 is 9.15 Å². The van der Waals surface area contributed by atoms with Crippen molar-refractivity contribution in [2.75, 3.05) is 0 Å². The third-order valence-corrected chi connectivity index (χ3v) is 4.31. The molecule has 130 valence electrons. The Bertz CT molecular complexity index is 858. The molecule has 0 aliphatic carbocycles. The van der Waals surface area contributed by atoms with Crippen LogP contribution in [0.15, 0.2) is 46.9 Å². The normalized spacial score (nSPS) is 11.6. The van der Waals surface area contributed by atoms with Crippen LogP contribution in [0, 0.1) is 13.8 Å². The van der Waals surface area contributed by atoms with Crippen molar-refractivity contribution in [1.29, 1.82) is 0 Å². The predicted octanol–water partition coefficient (Wildman–Crippen LogP) is 5.23. The molecule has 1 aromatic heterocycles. The molecular weight excluding hydrogens is 312 g/mol. The minimum Gasteiger partial charge on any atom is -0.484 e. The second-order valence-electron chi connectivity index (χ2n) is 7.36. The summed E-state index contributed by atoms with van der Waals surface area (Å²) in [6, 6.07) is 14.2. The molecule has 0 spiro atoms. The monoisotopic (exact) mass is 336 g/mol. The SMILES string of the molecule is Cc1ccc(OCc2nnc(-c3ccc(C(C)(C)C)cc3)o2)cc1C. The number of benzene rings is 2. The smallest absolute Gasteiger partial charge is 0.254 e. The molecule has 0 fully saturated rings. The number of ether oxygens (including phenoxy) is 1. The number of hydrogen-bond acceptors (Lipinski definition) is 4. The molecule has 0 saturated carbocycles. The second-order valence-corrected chi connectivity index (χ2v) is 7.36. The van der Waals surface area contributed by atoms with Gasteiger partial charge in [0.05, 0.1) is 0 Å². The lowest BCUT2D eigenvalue weighted by Gasteiger charge is -2.18. The van der Waals surface area contributed by atoms with Crippen LogP contribution in [0.4, 0.5) is 0 Å². The lowest BCUT2D eigenvalue weighted by atomic mass is 9.87. The molecule has 0 radical (unpaired) electrons. The average Bonchev–Trinajstić information content (AvgIpc) is 3.04. The van der Waals surface area contributed by atoms with E-state index in [9.17, 15) is 0 Å². The molecule has 0 atom stereocenters. The van der Waals surface area contributed by atoms with Gasteiger partial charge in [0.1, 0.15) is 5.75 Å². The quantitative estimate of drug-likeness (QED) is 0.654. The third-order valence-electron chi connectivity index (χ3n) is 4.31. The molecule has 0 aliphatic heterocycles. The van der Waals surface area contributed by atoms with Crippen molar-refractivity contribution in [1.82, 2.24) is 10.2 Å². The van der Waals surface area contributed by atoms with Gasteiger partial charge in [-0.25, -0.2) is 0 Å². The van der Waals surface area contributed by atoms with E-state index in [4.69, 9.17) is 9.15 Å². The van der Waals surface area contributed by atoms with E-state index >= 15 is 0 Å². The maximum absolute atomic E-state index is 5.74. The van der Waals surface area contributed by atoms with E-state index in [-0.39, 0.29) is 12.0 Å². The highest BCUT2D eigenvalue weighted by Gasteiger charge is 2.15. The fourth-order valence-corrected chi connectivity index (χ4v) is 2.49. The summed E-state index contributed by atoms with van der Waals surface area (Å²) in [5, 5.41) is 8.20. The van der Waals surface area contributed by atoms with Gasteiger partial charge in [-0.15, -0.1) is 10.2 Å². The first-order valence-electron chi connectivity index (χ1n) is 8.46. The van der Waals surface area contributed by atoms with Crippen LogP contribution in [0.1, 0.15) is 43.4 Å². The molecule has 0 bridgehead atoms. The summed E-state index contributed by atoms with van der Waals surface area (Å²) in [5.41, 5.74) is 4.75. The molecule has 0 amide bonds. The Kier molecular flexibility index (Phi) is 4.62. The summed E-state index contributed by atoms with van der Waals surface area (Å²) in [7, 11) is 0. The Hall–Kier alpha value is -2.62. The Balaban J connectivity index is 1.68. The molecule has 1 heterocycles. The zero-order chi connectivity index (χ0) is 18.0. The van der Waals surface area contributed by atoms with Gasteiger partial charge in [0.2, 0.25) is 5.89 Å². The van der Waals surface area contributed by atoms with Crippen LogP contribution in [-0.2, 0) is 12.0 Å². The van der Waals surface area contributed by atoms with Gasteiger partial charge in [0.15, 0.2) is 6.61 Å². The zero-order valence-electron chi connectivity index (χ0n) is 15.5. The van der Waals surface area contributed by atoms with Crippen molar-refractivity contribution in [3.8, 4) is 17.2 Å². The van der Waals surface area contributed by atoms with E-state index in [1.54, 1.807) is 0 Å². The second kappa shape index (κ2) is 6.71. The lowest BCUT2D eigenvalue weighted by molar-refractivity contribution is 0.264. The van der Waals surface area contributed by atoms with Crippen LogP contribution in [-0.4, -0.2) is 10.2 Å². The molecule has 4 nitrogen and oxygen atoms in total. The van der Waals surface area contributed by atoms with Crippen LogP contribution in [0.2, 0.25) is 0 Å². The van der Waals surface area contributed by atoms with Gasteiger partial charge in [-0.3, -0.25) is 0 Å². The summed E-state index contributed by atoms with van der Waals surface area (Å²) in [4.78, 5) is 0. The minimum absolute atomic E-state index is 0.124. The van der Waals surface area contributed by atoms with E-state index in [2.05, 4.69) is 56.9 Å². The Labute approximate surface area is 148 Å². The molecular formula is C21H24N2O2. The molecule has 25 heavy (non-hydrogen) atoms. The van der Waals surface area contributed by atoms with Gasteiger partial charge in [-0.2, -0.15) is 0 Å². The molecule has 4 heteroatoms. The highest BCUT2D eigenvalue weighted by atomic mass is 16.5. The van der Waals surface area contributed by atoms with E-state index in [1.807, 2.05) is 30.3 Å². The van der Waals surface area contributed by atoms with Crippen molar-refractivity contribution in [2.24, 2.45) is 0 Å². The lowest BCUT2D eigenvalue weighted by Crippen LogP contribution is -2.10. The molecule has 2 aromatic carbocycles. The molecule has 0 unspecified atom stereocenters. The number of rotatable bonds is 4. The van der Waals surface area contributed by atoms with E-state index < -0.39 is 0 Å². The van der Waals surface area contributed by atoms with Gasteiger partial charge >= 0.3 is 0 Å². The number of hydrogen-bond donors (Lipinski definition) is 0. The highest BCUT2D eigenvalue weighted by molar-refractivity contribution is 5.53. The third kappa shape index (κ3) is 4.08. The maximum atomic E-state index is 5.74. The average molecular weight is 336 g/mol. The number of aromatic nitrogens is 2. The summed E-state index contributed by atoms with van der Waals surface area (Å²) in [6.45, 7) is 11.0. The van der Waals surface area contributed by atoms with Gasteiger partial charge in [-0.1, -0.05) is 39.0 Å². The van der Waals surface area contributed by atoms with Crippen molar-refractivity contribution < 1.29 is 9.15 Å². The van der Waals surface area contributed by atoms with E-state index in [0.717, 1.165) is 11.3 Å². The predicted molar refractivity (Wildman–Crippen MR) is 98.7 cm³/mol. The molecule has 3 rings (SSSR count).